The van der Waals surface area contributed by atoms with Crippen LogP contribution in [0.3, 0.4) is 0 Å². The van der Waals surface area contributed by atoms with E-state index in [9.17, 15) is 19.8 Å². The summed E-state index contributed by atoms with van der Waals surface area (Å²) in [5, 5.41) is 21.8. The van der Waals surface area contributed by atoms with Crippen LogP contribution in [0.4, 0.5) is 0 Å². The Bertz CT molecular complexity index is 726. The van der Waals surface area contributed by atoms with Gasteiger partial charge in [0.2, 0.25) is 0 Å². The highest BCUT2D eigenvalue weighted by atomic mass is 16.5. The molecule has 0 saturated heterocycles. The maximum Gasteiger partial charge on any atom is 0.302 e. The highest BCUT2D eigenvalue weighted by Crippen LogP contribution is 2.72. The van der Waals surface area contributed by atoms with E-state index in [4.69, 9.17) is 4.74 Å². The number of fused-ring (bicyclic) bond motifs is 3. The minimum absolute atomic E-state index is 0.0340. The molecular weight excluding hydrogens is 344 g/mol. The predicted molar refractivity (Wildman–Crippen MR) is 99.7 cm³/mol. The molecule has 2 bridgehead atoms. The number of aliphatic hydroxyl groups excluding tert-OH is 1. The zero-order chi connectivity index (χ0) is 20.0. The first-order valence-electron chi connectivity index (χ1n) is 10.2. The second-order valence-electron chi connectivity index (χ2n) is 10.5. The molecule has 27 heavy (non-hydrogen) atoms. The van der Waals surface area contributed by atoms with Gasteiger partial charge in [0.05, 0.1) is 11.7 Å². The number of carbonyl (C=O) groups is 2. The molecule has 0 aliphatic heterocycles. The predicted octanol–water partition coefficient (Wildman–Crippen LogP) is 2.78. The molecule has 5 nitrogen and oxygen atoms in total. The minimum atomic E-state index is -1.26. The van der Waals surface area contributed by atoms with Crippen molar-refractivity contribution in [3.63, 3.8) is 0 Å². The Balaban J connectivity index is 1.86. The van der Waals surface area contributed by atoms with Crippen molar-refractivity contribution >= 4 is 11.8 Å². The molecule has 4 saturated carbocycles. The molecule has 0 aromatic carbocycles. The lowest BCUT2D eigenvalue weighted by Crippen LogP contribution is -2.65. The second-order valence-corrected chi connectivity index (χ2v) is 10.5. The molecule has 0 heterocycles. The van der Waals surface area contributed by atoms with Crippen LogP contribution in [0, 0.1) is 28.1 Å². The number of aliphatic hydroxyl groups is 2. The minimum Gasteiger partial charge on any atom is -0.462 e. The van der Waals surface area contributed by atoms with E-state index < -0.39 is 17.1 Å². The molecule has 7 atom stereocenters. The molecule has 0 aromatic rings. The largest absolute Gasteiger partial charge is 0.462 e. The summed E-state index contributed by atoms with van der Waals surface area (Å²) in [5.74, 6) is -0.325. The van der Waals surface area contributed by atoms with Gasteiger partial charge in [0.1, 0.15) is 6.10 Å². The van der Waals surface area contributed by atoms with Gasteiger partial charge in [-0.25, -0.2) is 0 Å². The number of carbonyl (C=O) groups excluding carboxylic acids is 2. The summed E-state index contributed by atoms with van der Waals surface area (Å²) in [5.41, 5.74) is -2.17. The van der Waals surface area contributed by atoms with Crippen molar-refractivity contribution in [2.45, 2.75) is 84.0 Å². The molecular formula is C22H32O5. The number of Topliss-reactive ketones (excluding diaryl/α,β-unsaturated/α-hetero) is 1. The van der Waals surface area contributed by atoms with Crippen LogP contribution in [0.2, 0.25) is 0 Å². The molecule has 1 spiro atoms. The topological polar surface area (TPSA) is 83.8 Å². The molecule has 0 unspecified atom stereocenters. The molecule has 0 aromatic heterocycles. The fourth-order valence-electron chi connectivity index (χ4n) is 7.76. The van der Waals surface area contributed by atoms with Gasteiger partial charge in [-0.1, -0.05) is 27.4 Å². The van der Waals surface area contributed by atoms with Crippen LogP contribution in [-0.4, -0.2) is 39.8 Å². The first-order valence-corrected chi connectivity index (χ1v) is 10.2. The van der Waals surface area contributed by atoms with Gasteiger partial charge in [-0.05, 0) is 48.9 Å². The Morgan fingerprint density at radius 1 is 1.22 bits per heavy atom. The quantitative estimate of drug-likeness (QED) is 0.543. The monoisotopic (exact) mass is 376 g/mol. The molecule has 0 radical (unpaired) electrons. The van der Waals surface area contributed by atoms with Crippen molar-refractivity contribution in [2.75, 3.05) is 0 Å². The number of ether oxygens (including phenoxy) is 1. The molecule has 5 heteroatoms. The summed E-state index contributed by atoms with van der Waals surface area (Å²) in [6.45, 7) is 11.8. The lowest BCUT2D eigenvalue weighted by molar-refractivity contribution is -0.226. The normalized spacial score (nSPS) is 50.7. The first kappa shape index (κ1) is 19.1. The first-order chi connectivity index (χ1) is 12.4. The second kappa shape index (κ2) is 5.44. The Hall–Kier alpha value is -1.20. The standard InChI is InChI=1S/C22H32O5/c1-12-18(25)21-9-6-15-19(3,4)16(24)7-8-20(15,5)17(21)14(27-13(2)23)10-22(12,26)11-21/h14-17,24,26H,1,6-11H2,2-5H3/t14-,15+,16-,17-,20+,21+,22-/m0/s1. The smallest absolute Gasteiger partial charge is 0.302 e. The third-order valence-electron chi connectivity index (χ3n) is 8.82. The van der Waals surface area contributed by atoms with Crippen molar-refractivity contribution in [2.24, 2.45) is 28.1 Å². The molecule has 4 aliphatic carbocycles. The van der Waals surface area contributed by atoms with E-state index >= 15 is 0 Å². The van der Waals surface area contributed by atoms with Crippen molar-refractivity contribution in [1.82, 2.24) is 0 Å². The maximum atomic E-state index is 13.4. The number of esters is 1. The van der Waals surface area contributed by atoms with Gasteiger partial charge >= 0.3 is 5.97 Å². The number of ketones is 1. The number of hydrogen-bond donors (Lipinski definition) is 2. The van der Waals surface area contributed by atoms with Gasteiger partial charge in [-0.2, -0.15) is 0 Å². The summed E-state index contributed by atoms with van der Waals surface area (Å²) in [7, 11) is 0. The van der Waals surface area contributed by atoms with Crippen LogP contribution < -0.4 is 0 Å². The fourth-order valence-corrected chi connectivity index (χ4v) is 7.76. The fraction of sp³-hybridized carbons (Fsp3) is 0.818. The van der Waals surface area contributed by atoms with E-state index in [1.54, 1.807) is 0 Å². The van der Waals surface area contributed by atoms with Crippen molar-refractivity contribution in [3.8, 4) is 0 Å². The van der Waals surface area contributed by atoms with Gasteiger partial charge in [-0.15, -0.1) is 0 Å². The average Bonchev–Trinajstić information content (AvgIpc) is 2.68. The molecule has 4 rings (SSSR count). The van der Waals surface area contributed by atoms with Gasteiger partial charge in [-0.3, -0.25) is 9.59 Å². The highest BCUT2D eigenvalue weighted by molar-refractivity contribution is 6.05. The highest BCUT2D eigenvalue weighted by Gasteiger charge is 2.73. The van der Waals surface area contributed by atoms with Crippen molar-refractivity contribution in [3.05, 3.63) is 12.2 Å². The van der Waals surface area contributed by atoms with E-state index in [1.807, 2.05) is 0 Å². The Morgan fingerprint density at radius 2 is 1.89 bits per heavy atom. The van der Waals surface area contributed by atoms with Gasteiger partial charge in [0.25, 0.3) is 0 Å². The lowest BCUT2D eigenvalue weighted by atomic mass is 9.40. The van der Waals surface area contributed by atoms with Crippen molar-refractivity contribution < 1.29 is 24.5 Å². The molecule has 0 amide bonds. The Morgan fingerprint density at radius 3 is 2.52 bits per heavy atom. The van der Waals surface area contributed by atoms with E-state index in [-0.39, 0.29) is 46.9 Å². The Labute approximate surface area is 161 Å². The van der Waals surface area contributed by atoms with Crippen molar-refractivity contribution in [1.29, 1.82) is 0 Å². The average molecular weight is 376 g/mol. The van der Waals surface area contributed by atoms with Gasteiger partial charge in [0, 0.05) is 30.3 Å². The molecule has 2 N–H and O–H groups in total. The summed E-state index contributed by atoms with van der Waals surface area (Å²) in [6.07, 6.45) is 2.74. The summed E-state index contributed by atoms with van der Waals surface area (Å²) in [6, 6.07) is 0. The maximum absolute atomic E-state index is 13.4. The lowest BCUT2D eigenvalue weighted by Gasteiger charge is -2.65. The van der Waals surface area contributed by atoms with Crippen LogP contribution in [0.15, 0.2) is 12.2 Å². The van der Waals surface area contributed by atoms with Crippen LogP contribution in [0.5, 0.6) is 0 Å². The number of rotatable bonds is 1. The third kappa shape index (κ3) is 2.24. The zero-order valence-electron chi connectivity index (χ0n) is 16.9. The van der Waals surface area contributed by atoms with E-state index in [0.717, 1.165) is 12.8 Å². The molecule has 150 valence electrons. The zero-order valence-corrected chi connectivity index (χ0v) is 16.9. The van der Waals surface area contributed by atoms with E-state index in [0.29, 0.717) is 24.8 Å². The van der Waals surface area contributed by atoms with Crippen LogP contribution in [0.25, 0.3) is 0 Å². The summed E-state index contributed by atoms with van der Waals surface area (Å²) >= 11 is 0. The van der Waals surface area contributed by atoms with Crippen LogP contribution in [-0.2, 0) is 14.3 Å². The molecule has 4 aliphatic rings. The SMILES string of the molecule is C=C1C(=O)[C@@]23CC[C@@H]4C(C)(C)[C@@H](O)CC[C@@]4(C)[C@@H]2[C@@H](OC(C)=O)C[C@]1(O)C3. The number of hydrogen-bond acceptors (Lipinski definition) is 5. The van der Waals surface area contributed by atoms with E-state index in [1.165, 1.54) is 6.92 Å². The third-order valence-corrected chi connectivity index (χ3v) is 8.82. The van der Waals surface area contributed by atoms with E-state index in [2.05, 4.69) is 27.4 Å². The summed E-state index contributed by atoms with van der Waals surface area (Å²) in [4.78, 5) is 25.3. The van der Waals surface area contributed by atoms with Crippen LogP contribution in [0.1, 0.15) is 66.2 Å². The Kier molecular flexibility index (Phi) is 3.86. The van der Waals surface area contributed by atoms with Gasteiger partial charge in [0.15, 0.2) is 5.78 Å². The summed E-state index contributed by atoms with van der Waals surface area (Å²) < 4.78 is 5.75. The van der Waals surface area contributed by atoms with Gasteiger partial charge < -0.3 is 14.9 Å². The molecule has 4 fully saturated rings. The van der Waals surface area contributed by atoms with Crippen LogP contribution >= 0.6 is 0 Å².